The van der Waals surface area contributed by atoms with E-state index in [1.165, 1.54) is 0 Å². The fourth-order valence-corrected chi connectivity index (χ4v) is 2.75. The molecule has 2 saturated heterocycles. The number of rotatable bonds is 8. The maximum atomic E-state index is 11.5. The van der Waals surface area contributed by atoms with Crippen LogP contribution in [-0.4, -0.2) is 57.7 Å². The predicted octanol–water partition coefficient (Wildman–Crippen LogP) is 2.39. The van der Waals surface area contributed by atoms with Crippen LogP contribution in [-0.2, 0) is 38.0 Å². The summed E-state index contributed by atoms with van der Waals surface area (Å²) >= 11 is 0. The van der Waals surface area contributed by atoms with Gasteiger partial charge in [0.05, 0.1) is 37.3 Å². The molecule has 2 rings (SSSR count). The second-order valence-corrected chi connectivity index (χ2v) is 7.39. The maximum Gasteiger partial charge on any atom is 0.412 e. The molecular weight excluding hydrogens is 356 g/mol. The van der Waals surface area contributed by atoms with E-state index in [4.69, 9.17) is 28.4 Å². The van der Waals surface area contributed by atoms with Crippen molar-refractivity contribution in [1.29, 1.82) is 0 Å². The maximum absolute atomic E-state index is 11.5. The molecule has 8 nitrogen and oxygen atoms in total. The summed E-state index contributed by atoms with van der Waals surface area (Å²) in [4.78, 5) is 22.9. The quantitative estimate of drug-likeness (QED) is 0.586. The molecule has 156 valence electrons. The van der Waals surface area contributed by atoms with E-state index in [1.807, 2.05) is 13.8 Å². The van der Waals surface area contributed by atoms with E-state index in [2.05, 4.69) is 0 Å². The lowest BCUT2D eigenvalue weighted by Gasteiger charge is -2.48. The van der Waals surface area contributed by atoms with Crippen molar-refractivity contribution in [3.63, 3.8) is 0 Å². The molecule has 0 aliphatic carbocycles. The highest BCUT2D eigenvalue weighted by molar-refractivity contribution is 5.69. The van der Waals surface area contributed by atoms with Gasteiger partial charge < -0.3 is 28.4 Å². The molecule has 0 atom stereocenters. The van der Waals surface area contributed by atoms with Crippen molar-refractivity contribution in [2.45, 2.75) is 59.5 Å². The SMILES string of the molecule is CCC(=O)OCC1(CC)COC2(OC1)OCC(CC)(COC(=O)CC)CO2. The minimum Gasteiger partial charge on any atom is -0.465 e. The minimum absolute atomic E-state index is 0.234. The first-order valence-electron chi connectivity index (χ1n) is 9.73. The highest BCUT2D eigenvalue weighted by atomic mass is 17.0. The third-order valence-corrected chi connectivity index (χ3v) is 5.38. The van der Waals surface area contributed by atoms with Crippen molar-refractivity contribution in [1.82, 2.24) is 0 Å². The summed E-state index contributed by atoms with van der Waals surface area (Å²) in [5, 5.41) is 0. The first kappa shape index (κ1) is 22.1. The third-order valence-electron chi connectivity index (χ3n) is 5.38. The van der Waals surface area contributed by atoms with E-state index in [1.54, 1.807) is 13.8 Å². The lowest BCUT2D eigenvalue weighted by Crippen LogP contribution is -2.59. The Kier molecular flexibility index (Phi) is 7.62. The first-order chi connectivity index (χ1) is 12.9. The van der Waals surface area contributed by atoms with Gasteiger partial charge in [-0.2, -0.15) is 0 Å². The minimum atomic E-state index is -1.54. The summed E-state index contributed by atoms with van der Waals surface area (Å²) in [7, 11) is 0. The molecule has 1 spiro atoms. The summed E-state index contributed by atoms with van der Waals surface area (Å²) in [6.45, 7) is 9.16. The average Bonchev–Trinajstić information content (AvgIpc) is 2.73. The van der Waals surface area contributed by atoms with Crippen molar-refractivity contribution in [3.8, 4) is 0 Å². The zero-order valence-corrected chi connectivity index (χ0v) is 16.8. The molecule has 0 aromatic heterocycles. The molecule has 0 unspecified atom stereocenters. The van der Waals surface area contributed by atoms with Crippen LogP contribution in [0, 0.1) is 10.8 Å². The number of hydrogen-bond acceptors (Lipinski definition) is 8. The Hall–Kier alpha value is -1.22. The van der Waals surface area contributed by atoms with Gasteiger partial charge in [-0.1, -0.05) is 27.7 Å². The second-order valence-electron chi connectivity index (χ2n) is 7.39. The Morgan fingerprint density at radius 3 is 1.30 bits per heavy atom. The molecule has 2 fully saturated rings. The van der Waals surface area contributed by atoms with Crippen molar-refractivity contribution < 1.29 is 38.0 Å². The van der Waals surface area contributed by atoms with Crippen LogP contribution in [0.3, 0.4) is 0 Å². The van der Waals surface area contributed by atoms with E-state index in [0.717, 1.165) is 12.8 Å². The Morgan fingerprint density at radius 1 is 0.704 bits per heavy atom. The molecule has 0 N–H and O–H groups in total. The molecule has 2 aliphatic heterocycles. The summed E-state index contributed by atoms with van der Waals surface area (Å²) in [5.41, 5.74) is -0.836. The largest absolute Gasteiger partial charge is 0.465 e. The number of carbonyl (C=O) groups excluding carboxylic acids is 2. The zero-order valence-electron chi connectivity index (χ0n) is 16.8. The van der Waals surface area contributed by atoms with Gasteiger partial charge in [0.15, 0.2) is 0 Å². The fourth-order valence-electron chi connectivity index (χ4n) is 2.75. The van der Waals surface area contributed by atoms with Crippen molar-refractivity contribution in [2.75, 3.05) is 39.6 Å². The molecule has 27 heavy (non-hydrogen) atoms. The van der Waals surface area contributed by atoms with Crippen molar-refractivity contribution >= 4 is 11.9 Å². The van der Waals surface area contributed by atoms with Crippen molar-refractivity contribution in [2.24, 2.45) is 10.8 Å². The van der Waals surface area contributed by atoms with E-state index >= 15 is 0 Å². The smallest absolute Gasteiger partial charge is 0.412 e. The van der Waals surface area contributed by atoms with Crippen LogP contribution in [0.5, 0.6) is 0 Å². The van der Waals surface area contributed by atoms with Gasteiger partial charge in [0, 0.05) is 12.8 Å². The van der Waals surface area contributed by atoms with E-state index in [0.29, 0.717) is 39.3 Å². The summed E-state index contributed by atoms with van der Waals surface area (Å²) in [6.07, 6.45) is 0.581. The summed E-state index contributed by atoms with van der Waals surface area (Å²) in [5.74, 6) is -0.495. The Labute approximate surface area is 160 Å². The Morgan fingerprint density at radius 2 is 1.04 bits per heavy atom. The van der Waals surface area contributed by atoms with Crippen LogP contribution in [0.2, 0.25) is 0 Å². The normalized spacial score (nSPS) is 33.6. The second kappa shape index (κ2) is 9.32. The highest BCUT2D eigenvalue weighted by Crippen LogP contribution is 2.40. The lowest BCUT2D eigenvalue weighted by molar-refractivity contribution is -0.548. The molecule has 0 aromatic carbocycles. The summed E-state index contributed by atoms with van der Waals surface area (Å²) < 4.78 is 33.8. The number of carbonyl (C=O) groups is 2. The molecule has 0 aromatic rings. The van der Waals surface area contributed by atoms with Crippen molar-refractivity contribution in [3.05, 3.63) is 0 Å². The van der Waals surface area contributed by atoms with E-state index in [9.17, 15) is 9.59 Å². The molecule has 2 heterocycles. The van der Waals surface area contributed by atoms with Gasteiger partial charge in [0.25, 0.3) is 0 Å². The fraction of sp³-hybridized carbons (Fsp3) is 0.895. The molecule has 0 bridgehead atoms. The van der Waals surface area contributed by atoms with Crippen LogP contribution in [0.25, 0.3) is 0 Å². The number of hydrogen-bond donors (Lipinski definition) is 0. The van der Waals surface area contributed by atoms with Crippen LogP contribution in [0.4, 0.5) is 0 Å². The molecule has 0 radical (unpaired) electrons. The van der Waals surface area contributed by atoms with Gasteiger partial charge in [-0.15, -0.1) is 0 Å². The van der Waals surface area contributed by atoms with E-state index in [-0.39, 0.29) is 25.2 Å². The number of esters is 2. The average molecular weight is 388 g/mol. The third kappa shape index (κ3) is 5.40. The van der Waals surface area contributed by atoms with Gasteiger partial charge in [-0.3, -0.25) is 9.59 Å². The zero-order chi connectivity index (χ0) is 20.0. The molecule has 8 heteroatoms. The van der Waals surface area contributed by atoms with Crippen LogP contribution >= 0.6 is 0 Å². The molecule has 2 aliphatic rings. The highest BCUT2D eigenvalue weighted by Gasteiger charge is 2.52. The van der Waals surface area contributed by atoms with Crippen LogP contribution in [0.1, 0.15) is 53.4 Å². The van der Waals surface area contributed by atoms with Gasteiger partial charge >= 0.3 is 18.1 Å². The Bertz CT molecular complexity index is 452. The standard InChI is InChI=1S/C19H32O8/c1-5-15(20)22-9-17(7-3)11-24-19(25-12-17)26-13-18(8-4,14-27-19)10-23-16(21)6-2/h5-14H2,1-4H3. The van der Waals surface area contributed by atoms with E-state index < -0.39 is 17.0 Å². The van der Waals surface area contributed by atoms with Gasteiger partial charge in [-0.25, -0.2) is 0 Å². The van der Waals surface area contributed by atoms with Crippen LogP contribution < -0.4 is 0 Å². The predicted molar refractivity (Wildman–Crippen MR) is 94.5 cm³/mol. The Balaban J connectivity index is 1.89. The van der Waals surface area contributed by atoms with Gasteiger partial charge in [0.2, 0.25) is 0 Å². The lowest BCUT2D eigenvalue weighted by atomic mass is 9.86. The molecule has 0 amide bonds. The topological polar surface area (TPSA) is 89.5 Å². The van der Waals surface area contributed by atoms with Crippen LogP contribution in [0.15, 0.2) is 0 Å². The first-order valence-corrected chi connectivity index (χ1v) is 9.73. The summed E-state index contributed by atoms with van der Waals surface area (Å²) in [6, 6.07) is 0. The molecular formula is C19H32O8. The monoisotopic (exact) mass is 388 g/mol. The van der Waals surface area contributed by atoms with Gasteiger partial charge in [-0.05, 0) is 12.8 Å². The molecule has 0 saturated carbocycles. The van der Waals surface area contributed by atoms with Gasteiger partial charge in [0.1, 0.15) is 13.2 Å². The number of ether oxygens (including phenoxy) is 6.